The summed E-state index contributed by atoms with van der Waals surface area (Å²) in [5.41, 5.74) is 2.59. The molecule has 29 heavy (non-hydrogen) atoms. The lowest BCUT2D eigenvalue weighted by Gasteiger charge is -2.32. The number of carbonyl (C=O) groups is 2. The first-order valence-corrected chi connectivity index (χ1v) is 10.1. The third-order valence-electron chi connectivity index (χ3n) is 5.53. The van der Waals surface area contributed by atoms with Crippen molar-refractivity contribution in [3.63, 3.8) is 0 Å². The van der Waals surface area contributed by atoms with E-state index in [-0.39, 0.29) is 24.1 Å². The van der Waals surface area contributed by atoms with Crippen LogP contribution in [-0.4, -0.2) is 48.7 Å². The normalized spacial score (nSPS) is 19.9. The quantitative estimate of drug-likeness (QED) is 0.786. The van der Waals surface area contributed by atoms with Crippen LogP contribution < -0.4 is 9.64 Å². The van der Waals surface area contributed by atoms with Gasteiger partial charge in [0.2, 0.25) is 0 Å². The number of anilines is 1. The van der Waals surface area contributed by atoms with Crippen LogP contribution in [0.4, 0.5) is 10.5 Å². The zero-order chi connectivity index (χ0) is 20.4. The Hall–Kier alpha value is -3.02. The Kier molecular flexibility index (Phi) is 5.43. The minimum absolute atomic E-state index is 0.00314. The highest BCUT2D eigenvalue weighted by Crippen LogP contribution is 2.25. The number of amides is 2. The maximum atomic E-state index is 12.8. The number of carbonyl (C=O) groups excluding carboxylic acids is 2. The van der Waals surface area contributed by atoms with E-state index >= 15 is 0 Å². The third kappa shape index (κ3) is 4.21. The number of hydrogen-bond donors (Lipinski definition) is 0. The highest BCUT2D eigenvalue weighted by Gasteiger charge is 2.31. The molecule has 0 aromatic heterocycles. The molecule has 2 aromatic rings. The molecule has 0 saturated carbocycles. The molecule has 2 heterocycles. The van der Waals surface area contributed by atoms with Crippen molar-refractivity contribution in [1.29, 1.82) is 0 Å². The lowest BCUT2D eigenvalue weighted by molar-refractivity contribution is 0.0595. The van der Waals surface area contributed by atoms with Crippen LogP contribution in [0.3, 0.4) is 0 Å². The Labute approximate surface area is 171 Å². The summed E-state index contributed by atoms with van der Waals surface area (Å²) >= 11 is 0. The number of hydrogen-bond acceptors (Lipinski definition) is 4. The molecule has 152 valence electrons. The zero-order valence-corrected chi connectivity index (χ0v) is 16.8. The van der Waals surface area contributed by atoms with E-state index in [0.717, 1.165) is 24.3 Å². The molecule has 2 fully saturated rings. The second kappa shape index (κ2) is 8.15. The Morgan fingerprint density at radius 2 is 1.69 bits per heavy atom. The molecule has 2 aromatic carbocycles. The van der Waals surface area contributed by atoms with Crippen LogP contribution in [0.15, 0.2) is 48.5 Å². The van der Waals surface area contributed by atoms with Crippen LogP contribution in [0, 0.1) is 6.92 Å². The van der Waals surface area contributed by atoms with Gasteiger partial charge in [-0.15, -0.1) is 0 Å². The van der Waals surface area contributed by atoms with E-state index < -0.39 is 0 Å². The summed E-state index contributed by atoms with van der Waals surface area (Å²) in [4.78, 5) is 28.2. The van der Waals surface area contributed by atoms with Crippen LogP contribution >= 0.6 is 0 Å². The van der Waals surface area contributed by atoms with E-state index in [9.17, 15) is 9.59 Å². The molecule has 0 aliphatic carbocycles. The summed E-state index contributed by atoms with van der Waals surface area (Å²) in [6.07, 6.45) is 1.42. The first-order valence-electron chi connectivity index (χ1n) is 10.1. The van der Waals surface area contributed by atoms with Crippen LogP contribution in [0.1, 0.15) is 35.7 Å². The second-order valence-electron chi connectivity index (χ2n) is 7.77. The Morgan fingerprint density at radius 1 is 1.03 bits per heavy atom. The minimum atomic E-state index is -0.341. The number of ether oxygens (including phenoxy) is 2. The summed E-state index contributed by atoms with van der Waals surface area (Å²) in [5, 5.41) is 0. The first kappa shape index (κ1) is 19.3. The number of benzene rings is 2. The second-order valence-corrected chi connectivity index (χ2v) is 7.77. The average Bonchev–Trinajstić information content (AvgIpc) is 3.08. The maximum Gasteiger partial charge on any atom is 0.414 e. The monoisotopic (exact) mass is 394 g/mol. The van der Waals surface area contributed by atoms with Gasteiger partial charge in [-0.1, -0.05) is 17.7 Å². The topological polar surface area (TPSA) is 59.1 Å². The van der Waals surface area contributed by atoms with E-state index in [1.54, 1.807) is 17.0 Å². The summed E-state index contributed by atoms with van der Waals surface area (Å²) in [6.45, 7) is 5.73. The maximum absolute atomic E-state index is 12.8. The number of cyclic esters (lactones) is 1. The highest BCUT2D eigenvalue weighted by molar-refractivity contribution is 5.96. The van der Waals surface area contributed by atoms with Gasteiger partial charge in [-0.2, -0.15) is 0 Å². The van der Waals surface area contributed by atoms with Gasteiger partial charge < -0.3 is 14.4 Å². The summed E-state index contributed by atoms with van der Waals surface area (Å²) < 4.78 is 11.1. The molecule has 4 rings (SSSR count). The van der Waals surface area contributed by atoms with Crippen molar-refractivity contribution in [3.05, 3.63) is 59.7 Å². The van der Waals surface area contributed by atoms with Gasteiger partial charge in [0.05, 0.1) is 6.04 Å². The fourth-order valence-electron chi connectivity index (χ4n) is 3.81. The van der Waals surface area contributed by atoms with Gasteiger partial charge in [-0.3, -0.25) is 9.69 Å². The molecule has 6 nitrogen and oxygen atoms in total. The lowest BCUT2D eigenvalue weighted by Crippen LogP contribution is -2.41. The van der Waals surface area contributed by atoms with Gasteiger partial charge in [0.15, 0.2) is 0 Å². The van der Waals surface area contributed by atoms with Gasteiger partial charge in [0, 0.05) is 37.2 Å². The molecule has 1 atom stereocenters. The molecule has 0 radical (unpaired) electrons. The highest BCUT2D eigenvalue weighted by atomic mass is 16.6. The molecular formula is C23H26N2O4. The predicted octanol–water partition coefficient (Wildman–Crippen LogP) is 4.02. The number of likely N-dealkylation sites (tertiary alicyclic amines) is 1. The van der Waals surface area contributed by atoms with Crippen molar-refractivity contribution in [2.24, 2.45) is 0 Å². The molecular weight excluding hydrogens is 368 g/mol. The van der Waals surface area contributed by atoms with Crippen LogP contribution in [-0.2, 0) is 4.74 Å². The van der Waals surface area contributed by atoms with Crippen LogP contribution in [0.2, 0.25) is 0 Å². The molecule has 2 aliphatic rings. The minimum Gasteiger partial charge on any atom is -0.490 e. The van der Waals surface area contributed by atoms with Crippen LogP contribution in [0.25, 0.3) is 0 Å². The largest absolute Gasteiger partial charge is 0.490 e. The number of rotatable bonds is 4. The van der Waals surface area contributed by atoms with Gasteiger partial charge in [0.1, 0.15) is 18.5 Å². The predicted molar refractivity (Wildman–Crippen MR) is 110 cm³/mol. The SMILES string of the molecule is Cc1ccc(OC2CCN(C(=O)c3ccc(N4C(=O)OCC4C)cc3)CC2)cc1. The van der Waals surface area contributed by atoms with Gasteiger partial charge in [-0.25, -0.2) is 4.79 Å². The molecule has 2 saturated heterocycles. The smallest absolute Gasteiger partial charge is 0.414 e. The van der Waals surface area contributed by atoms with Gasteiger partial charge in [-0.05, 0) is 50.2 Å². The molecule has 0 bridgehead atoms. The number of piperidine rings is 1. The van der Waals surface area contributed by atoms with E-state index in [1.807, 2.05) is 48.2 Å². The van der Waals surface area contributed by atoms with Crippen molar-refractivity contribution in [1.82, 2.24) is 4.90 Å². The Morgan fingerprint density at radius 3 is 2.28 bits per heavy atom. The van der Waals surface area contributed by atoms with Crippen LogP contribution in [0.5, 0.6) is 5.75 Å². The fraction of sp³-hybridized carbons (Fsp3) is 0.391. The average molecular weight is 394 g/mol. The Balaban J connectivity index is 1.33. The number of aryl methyl sites for hydroxylation is 1. The summed E-state index contributed by atoms with van der Waals surface area (Å²) in [7, 11) is 0. The summed E-state index contributed by atoms with van der Waals surface area (Å²) in [5.74, 6) is 0.896. The lowest BCUT2D eigenvalue weighted by atomic mass is 10.1. The van der Waals surface area contributed by atoms with E-state index in [4.69, 9.17) is 9.47 Å². The molecule has 2 amide bonds. The molecule has 0 spiro atoms. The first-order chi connectivity index (χ1) is 14.0. The number of nitrogens with zero attached hydrogens (tertiary/aromatic N) is 2. The standard InChI is InChI=1S/C23H26N2O4/c1-16-3-9-20(10-4-16)29-21-11-13-24(14-12-21)22(26)18-5-7-19(8-6-18)25-17(2)15-28-23(25)27/h3-10,17,21H,11-15H2,1-2H3. The third-order valence-corrected chi connectivity index (χ3v) is 5.53. The van der Waals surface area contributed by atoms with E-state index in [0.29, 0.717) is 25.3 Å². The van der Waals surface area contributed by atoms with E-state index in [1.165, 1.54) is 5.56 Å². The van der Waals surface area contributed by atoms with Crippen molar-refractivity contribution in [2.75, 3.05) is 24.6 Å². The molecule has 1 unspecified atom stereocenters. The van der Waals surface area contributed by atoms with Crippen molar-refractivity contribution < 1.29 is 19.1 Å². The van der Waals surface area contributed by atoms with Gasteiger partial charge >= 0.3 is 6.09 Å². The van der Waals surface area contributed by atoms with Crippen molar-refractivity contribution in [3.8, 4) is 5.75 Å². The van der Waals surface area contributed by atoms with Crippen molar-refractivity contribution >= 4 is 17.7 Å². The molecule has 2 aliphatic heterocycles. The zero-order valence-electron chi connectivity index (χ0n) is 16.8. The van der Waals surface area contributed by atoms with E-state index in [2.05, 4.69) is 6.92 Å². The molecule has 0 N–H and O–H groups in total. The molecule has 6 heteroatoms. The Bertz CT molecular complexity index is 871. The fourth-order valence-corrected chi connectivity index (χ4v) is 3.81. The summed E-state index contributed by atoms with van der Waals surface area (Å²) in [6, 6.07) is 15.2. The van der Waals surface area contributed by atoms with Crippen molar-refractivity contribution in [2.45, 2.75) is 38.8 Å². The van der Waals surface area contributed by atoms with Gasteiger partial charge in [0.25, 0.3) is 5.91 Å².